The fourth-order valence-electron chi connectivity index (χ4n) is 17.8. The van der Waals surface area contributed by atoms with Crippen LogP contribution in [0.1, 0.15) is 113 Å². The van der Waals surface area contributed by atoms with Crippen molar-refractivity contribution in [2.24, 2.45) is 50.7 Å². The predicted octanol–water partition coefficient (Wildman–Crippen LogP) is -3.57. The van der Waals surface area contributed by atoms with Gasteiger partial charge in [0.25, 0.3) is 0 Å². The van der Waals surface area contributed by atoms with Gasteiger partial charge in [0, 0.05) is 5.92 Å². The maximum atomic E-state index is 15.2. The molecule has 10 rings (SSSR count). The highest BCUT2D eigenvalue weighted by atomic mass is 16.8. The predicted molar refractivity (Wildman–Crippen MR) is 289 cm³/mol. The zero-order valence-corrected chi connectivity index (χ0v) is 50.2. The average molecular weight is 1240 g/mol. The first-order chi connectivity index (χ1) is 40.2. The Bertz CT molecular complexity index is 2400. The summed E-state index contributed by atoms with van der Waals surface area (Å²) in [7, 11) is 0. The molecule has 0 unspecified atom stereocenters. The van der Waals surface area contributed by atoms with Crippen LogP contribution < -0.4 is 0 Å². The summed E-state index contributed by atoms with van der Waals surface area (Å²) in [5.74, 6) is -1.58. The molecule has 0 bridgehead atoms. The lowest BCUT2D eigenvalue weighted by atomic mass is 9.33. The van der Waals surface area contributed by atoms with E-state index in [2.05, 4.69) is 40.7 Å². The molecule has 5 saturated heterocycles. The molecule has 0 aromatic heterocycles. The second-order valence-electron chi connectivity index (χ2n) is 28.3. The van der Waals surface area contributed by atoms with Crippen LogP contribution in [0.3, 0.4) is 0 Å². The molecule has 0 aromatic carbocycles. The van der Waals surface area contributed by atoms with E-state index >= 15 is 4.79 Å². The van der Waals surface area contributed by atoms with Crippen molar-refractivity contribution < 1.29 is 134 Å². The number of rotatable bonds is 13. The summed E-state index contributed by atoms with van der Waals surface area (Å²) in [6.45, 7) is 14.0. The fraction of sp³-hybridized carbons (Fsp3) is 0.949. The lowest BCUT2D eigenvalue weighted by molar-refractivity contribution is -0.382. The Morgan fingerprint density at radius 1 is 0.558 bits per heavy atom. The molecule has 34 atom stereocenters. The molecule has 5 aliphatic heterocycles. The van der Waals surface area contributed by atoms with Crippen molar-refractivity contribution in [2.45, 2.75) is 272 Å². The van der Waals surface area contributed by atoms with Crippen molar-refractivity contribution in [3.05, 3.63) is 11.6 Å². The maximum absolute atomic E-state index is 15.2. The van der Waals surface area contributed by atoms with E-state index in [1.807, 2.05) is 6.92 Å². The van der Waals surface area contributed by atoms with Crippen LogP contribution in [-0.4, -0.2) is 273 Å². The molecule has 86 heavy (non-hydrogen) atoms. The number of esters is 1. The second kappa shape index (κ2) is 24.6. The van der Waals surface area contributed by atoms with E-state index in [9.17, 15) is 81.7 Å². The van der Waals surface area contributed by atoms with Crippen molar-refractivity contribution in [2.75, 3.05) is 26.4 Å². The molecule has 16 N–H and O–H groups in total. The van der Waals surface area contributed by atoms with Crippen LogP contribution in [0.2, 0.25) is 0 Å². The van der Waals surface area contributed by atoms with Gasteiger partial charge in [0.2, 0.25) is 6.29 Å². The van der Waals surface area contributed by atoms with E-state index in [1.165, 1.54) is 6.92 Å². The normalized spacial score (nSPS) is 55.6. The molecule has 494 valence electrons. The van der Waals surface area contributed by atoms with Crippen molar-refractivity contribution in [3.63, 3.8) is 0 Å². The van der Waals surface area contributed by atoms with Crippen molar-refractivity contribution in [1.82, 2.24) is 0 Å². The van der Waals surface area contributed by atoms with E-state index in [0.29, 0.717) is 44.9 Å². The highest BCUT2D eigenvalue weighted by Crippen LogP contribution is 2.76. The lowest BCUT2D eigenvalue weighted by Gasteiger charge is -2.72. The Morgan fingerprint density at radius 3 is 1.77 bits per heavy atom. The van der Waals surface area contributed by atoms with Crippen LogP contribution in [0.15, 0.2) is 11.6 Å². The summed E-state index contributed by atoms with van der Waals surface area (Å²) < 4.78 is 59.6. The van der Waals surface area contributed by atoms with Gasteiger partial charge in [0.05, 0.1) is 49.7 Å². The molecular weight excluding hydrogens is 1140 g/mol. The van der Waals surface area contributed by atoms with E-state index in [-0.39, 0.29) is 35.2 Å². The molecule has 0 aromatic rings. The van der Waals surface area contributed by atoms with Crippen LogP contribution >= 0.6 is 0 Å². The van der Waals surface area contributed by atoms with Gasteiger partial charge in [-0.25, -0.2) is 0 Å². The average Bonchev–Trinajstić information content (AvgIpc) is 0.691. The van der Waals surface area contributed by atoms with Crippen LogP contribution in [0.5, 0.6) is 0 Å². The van der Waals surface area contributed by atoms with Crippen molar-refractivity contribution in [1.29, 1.82) is 0 Å². The van der Waals surface area contributed by atoms with Crippen LogP contribution in [0.25, 0.3) is 0 Å². The van der Waals surface area contributed by atoms with Gasteiger partial charge in [0.1, 0.15) is 110 Å². The molecule has 27 nitrogen and oxygen atoms in total. The monoisotopic (exact) mass is 1240 g/mol. The van der Waals surface area contributed by atoms with Crippen molar-refractivity contribution >= 4 is 5.97 Å². The molecule has 5 aliphatic carbocycles. The first-order valence-corrected chi connectivity index (χ1v) is 30.8. The van der Waals surface area contributed by atoms with Gasteiger partial charge in [-0.2, -0.15) is 0 Å². The molecule has 0 amide bonds. The summed E-state index contributed by atoms with van der Waals surface area (Å²) in [6.07, 6.45) is -32.2. The largest absolute Gasteiger partial charge is 0.432 e. The Morgan fingerprint density at radius 2 is 1.13 bits per heavy atom. The standard InChI is InChI=1S/C59H96O27/c1-23-11-16-59(53(75)86-50-43(73)40(70)37(67)29(82-50)22-78-48-41(71)38(68)35(65)27(19-60)80-48)18-17-56(6)25(47(59)58(23,8)76)9-10-31-55(5)14-13-32(54(3,4)30(55)12-15-57(31,56)7)83-52-46(34(64)26(62)21-77-52)85-51-44(74)45(33(63)24(2)79-51)84-49-42(72)39(69)36(66)28(20-61)81-49/h9,23-24,26-52,60-74,76H,10-22H2,1-8H3/t23-,24+,26+,27-,28-,29-,30+,31-,32+,33+,34+,35-,36-,37-,38-,39+,40+,41-,42-,43-,44-,45-,46-,47-,48-,49+,50+,51+,52+,55+,56-,57-,58-,59+/m1/s1. The molecule has 10 aliphatic rings. The van der Waals surface area contributed by atoms with Gasteiger partial charge in [-0.3, -0.25) is 4.79 Å². The topological polar surface area (TPSA) is 433 Å². The molecule has 4 saturated carbocycles. The third-order valence-electron chi connectivity index (χ3n) is 23.5. The number of hydrogen-bond acceptors (Lipinski definition) is 27. The van der Waals surface area contributed by atoms with E-state index in [4.69, 9.17) is 47.4 Å². The second-order valence-corrected chi connectivity index (χ2v) is 28.3. The number of aliphatic hydroxyl groups excluding tert-OH is 15. The van der Waals surface area contributed by atoms with Crippen molar-refractivity contribution in [3.8, 4) is 0 Å². The summed E-state index contributed by atoms with van der Waals surface area (Å²) in [4.78, 5) is 15.2. The summed E-state index contributed by atoms with van der Waals surface area (Å²) in [5.41, 5.74) is -3.51. The summed E-state index contributed by atoms with van der Waals surface area (Å²) in [6, 6.07) is 0. The molecule has 9 fully saturated rings. The van der Waals surface area contributed by atoms with Crippen LogP contribution in [-0.2, 0) is 52.2 Å². The molecule has 0 spiro atoms. The highest BCUT2D eigenvalue weighted by Gasteiger charge is 2.72. The Balaban J connectivity index is 0.851. The summed E-state index contributed by atoms with van der Waals surface area (Å²) in [5, 5.41) is 174. The van der Waals surface area contributed by atoms with E-state index < -0.39 is 207 Å². The Hall–Kier alpha value is -1.79. The number of allylic oxidation sites excluding steroid dienone is 1. The van der Waals surface area contributed by atoms with Gasteiger partial charge in [0.15, 0.2) is 25.2 Å². The molecule has 0 radical (unpaired) electrons. The van der Waals surface area contributed by atoms with Gasteiger partial charge in [-0.15, -0.1) is 0 Å². The molecule has 27 heteroatoms. The van der Waals surface area contributed by atoms with Gasteiger partial charge >= 0.3 is 5.97 Å². The van der Waals surface area contributed by atoms with Gasteiger partial charge in [-0.05, 0) is 111 Å². The minimum Gasteiger partial charge on any atom is -0.432 e. The molecule has 5 heterocycles. The smallest absolute Gasteiger partial charge is 0.315 e. The zero-order chi connectivity index (χ0) is 62.9. The third kappa shape index (κ3) is 10.9. The Labute approximate surface area is 499 Å². The SMILES string of the molecule is C[C@@H]1O[C@@H](O[C@H]2[C@H](O[C@H]3CC[C@]4(C)[C@H]5CC=C6[C@H]7[C@](C(=O)O[C@@H]8O[C@H](CO[C@@H]9O[C@H](CO)[C@@H](O)[C@@H](O)[C@H]9O)[C@@H](O)[C@H](O)[C@H]8O)(CC[C@@H](C)[C@@]7(C)O)CC[C@@]6(C)[C@]5(C)CC[C@H]4C3(C)C)OC[C@H](O)[C@@H]2O)[C@H](O)[C@H](O[C@@H]2O[C@H](CO)[C@@H](O)[C@H](O)[C@H]2O)[C@H]1O. The highest BCUT2D eigenvalue weighted by molar-refractivity contribution is 5.79. The summed E-state index contributed by atoms with van der Waals surface area (Å²) >= 11 is 0. The molecular formula is C59H96O27. The maximum Gasteiger partial charge on any atom is 0.315 e. The number of fused-ring (bicyclic) bond motifs is 7. The van der Waals surface area contributed by atoms with Crippen LogP contribution in [0, 0.1) is 50.7 Å². The minimum absolute atomic E-state index is 0.0627. The first-order valence-electron chi connectivity index (χ1n) is 30.8. The lowest BCUT2D eigenvalue weighted by Crippen LogP contribution is -2.68. The first kappa shape index (κ1) is 67.1. The van der Waals surface area contributed by atoms with Crippen LogP contribution in [0.4, 0.5) is 0 Å². The number of aliphatic hydroxyl groups is 16. The minimum atomic E-state index is -1.92. The number of carbonyl (C=O) groups excluding carboxylic acids is 1. The number of carbonyl (C=O) groups is 1. The number of ether oxygens (including phenoxy) is 10. The number of hydrogen-bond donors (Lipinski definition) is 16. The zero-order valence-electron chi connectivity index (χ0n) is 50.2. The van der Waals surface area contributed by atoms with E-state index in [1.54, 1.807) is 6.92 Å². The van der Waals surface area contributed by atoms with Gasteiger partial charge < -0.3 is 129 Å². The van der Waals surface area contributed by atoms with E-state index in [0.717, 1.165) is 18.4 Å². The quantitative estimate of drug-likeness (QED) is 0.0482. The third-order valence-corrected chi connectivity index (χ3v) is 23.5. The van der Waals surface area contributed by atoms with Gasteiger partial charge in [-0.1, -0.05) is 53.2 Å². The fourth-order valence-corrected chi connectivity index (χ4v) is 17.8. The Kier molecular flexibility index (Phi) is 19.2.